The van der Waals surface area contributed by atoms with Crippen molar-refractivity contribution < 1.29 is 14.3 Å². The highest BCUT2D eigenvalue weighted by atomic mass is 16.5. The van der Waals surface area contributed by atoms with Crippen molar-refractivity contribution in [3.63, 3.8) is 0 Å². The lowest BCUT2D eigenvalue weighted by Crippen LogP contribution is -2.13. The monoisotopic (exact) mass is 258 g/mol. The summed E-state index contributed by atoms with van der Waals surface area (Å²) in [6, 6.07) is 1.76. The Morgan fingerprint density at radius 1 is 1.58 bits per heavy atom. The van der Waals surface area contributed by atoms with E-state index in [2.05, 4.69) is 5.10 Å². The molecular formula is C13H15BN2O3. The number of fused-ring (bicyclic) bond motifs is 1. The third-order valence-corrected chi connectivity index (χ3v) is 2.95. The number of methoxy groups -OCH3 is 1. The Labute approximate surface area is 112 Å². The molecule has 0 bridgehead atoms. The number of carbonyl (C=O) groups excluding carboxylic acids is 1. The molecule has 1 atom stereocenters. The van der Waals surface area contributed by atoms with Gasteiger partial charge in [0.1, 0.15) is 7.85 Å². The molecule has 98 valence electrons. The van der Waals surface area contributed by atoms with Gasteiger partial charge in [-0.25, -0.2) is 9.31 Å². The second-order valence-electron chi connectivity index (χ2n) is 4.17. The van der Waals surface area contributed by atoms with Gasteiger partial charge in [0.25, 0.3) is 0 Å². The van der Waals surface area contributed by atoms with E-state index in [9.17, 15) is 4.79 Å². The van der Waals surface area contributed by atoms with Crippen molar-refractivity contribution in [2.24, 2.45) is 0 Å². The molecule has 19 heavy (non-hydrogen) atoms. The zero-order valence-corrected chi connectivity index (χ0v) is 11.2. The van der Waals surface area contributed by atoms with Crippen molar-refractivity contribution >= 4 is 24.8 Å². The predicted molar refractivity (Wildman–Crippen MR) is 72.0 cm³/mol. The van der Waals surface area contributed by atoms with E-state index in [1.807, 2.05) is 6.92 Å². The van der Waals surface area contributed by atoms with Gasteiger partial charge in [0.15, 0.2) is 0 Å². The second kappa shape index (κ2) is 5.44. The average Bonchev–Trinajstić information content (AvgIpc) is 2.77. The van der Waals surface area contributed by atoms with Crippen molar-refractivity contribution in [2.45, 2.75) is 20.0 Å². The van der Waals surface area contributed by atoms with E-state index in [0.29, 0.717) is 17.6 Å². The van der Waals surface area contributed by atoms with Crippen LogP contribution in [0.25, 0.3) is 5.52 Å². The summed E-state index contributed by atoms with van der Waals surface area (Å²) in [6.45, 7) is 3.94. The van der Waals surface area contributed by atoms with Crippen molar-refractivity contribution in [1.29, 1.82) is 0 Å². The van der Waals surface area contributed by atoms with Crippen molar-refractivity contribution in [3.8, 4) is 0 Å². The Hall–Kier alpha value is -1.82. The highest BCUT2D eigenvalue weighted by molar-refractivity contribution is 6.32. The maximum absolute atomic E-state index is 12.0. The maximum Gasteiger partial charge on any atom is 0.340 e. The van der Waals surface area contributed by atoms with Crippen LogP contribution in [0.4, 0.5) is 0 Å². The molecule has 2 aromatic rings. The summed E-state index contributed by atoms with van der Waals surface area (Å²) in [5.74, 6) is -0.406. The van der Waals surface area contributed by atoms with Crippen LogP contribution in [0.15, 0.2) is 18.5 Å². The van der Waals surface area contributed by atoms with Crippen molar-refractivity contribution in [3.05, 3.63) is 29.6 Å². The molecule has 2 aromatic heterocycles. The zero-order valence-electron chi connectivity index (χ0n) is 11.2. The summed E-state index contributed by atoms with van der Waals surface area (Å²) >= 11 is 0. The summed E-state index contributed by atoms with van der Waals surface area (Å²) in [5, 5.41) is 4.16. The molecule has 0 aliphatic carbocycles. The van der Waals surface area contributed by atoms with Gasteiger partial charge in [0.05, 0.1) is 30.0 Å². The topological polar surface area (TPSA) is 52.8 Å². The Morgan fingerprint density at radius 2 is 2.32 bits per heavy atom. The molecule has 0 N–H and O–H groups in total. The lowest BCUT2D eigenvalue weighted by Gasteiger charge is -2.15. The van der Waals surface area contributed by atoms with E-state index in [0.717, 1.165) is 11.1 Å². The van der Waals surface area contributed by atoms with Gasteiger partial charge < -0.3 is 9.47 Å². The number of carbonyl (C=O) groups is 1. The predicted octanol–water partition coefficient (Wildman–Crippen LogP) is 1.01. The van der Waals surface area contributed by atoms with Gasteiger partial charge in [-0.3, -0.25) is 0 Å². The molecule has 6 heteroatoms. The van der Waals surface area contributed by atoms with E-state index >= 15 is 0 Å². The first kappa shape index (κ1) is 13.6. The first-order valence-corrected chi connectivity index (χ1v) is 6.05. The van der Waals surface area contributed by atoms with Crippen LogP contribution in [0, 0.1) is 0 Å². The SMILES string of the molecule is [B]c1cc2c(C(C)OC)c(C(=O)OCC)cnn2c1. The van der Waals surface area contributed by atoms with Gasteiger partial charge in [-0.05, 0) is 19.9 Å². The number of aromatic nitrogens is 2. The minimum atomic E-state index is -0.406. The van der Waals surface area contributed by atoms with Crippen LogP contribution < -0.4 is 5.46 Å². The van der Waals surface area contributed by atoms with Crippen LogP contribution in [-0.2, 0) is 9.47 Å². The third-order valence-electron chi connectivity index (χ3n) is 2.95. The van der Waals surface area contributed by atoms with Crippen LogP contribution in [-0.4, -0.2) is 37.1 Å². The van der Waals surface area contributed by atoms with E-state index in [4.69, 9.17) is 17.3 Å². The van der Waals surface area contributed by atoms with Crippen LogP contribution in [0.1, 0.15) is 35.9 Å². The van der Waals surface area contributed by atoms with Gasteiger partial charge in [0, 0.05) is 18.9 Å². The van der Waals surface area contributed by atoms with Crippen LogP contribution in [0.3, 0.4) is 0 Å². The van der Waals surface area contributed by atoms with Gasteiger partial charge in [-0.2, -0.15) is 5.10 Å². The molecule has 0 fully saturated rings. The smallest absolute Gasteiger partial charge is 0.340 e. The quantitative estimate of drug-likeness (QED) is 0.606. The largest absolute Gasteiger partial charge is 0.462 e. The lowest BCUT2D eigenvalue weighted by atomic mass is 9.99. The van der Waals surface area contributed by atoms with Crippen LogP contribution in [0.5, 0.6) is 0 Å². The number of hydrogen-bond acceptors (Lipinski definition) is 4. The van der Waals surface area contributed by atoms with E-state index < -0.39 is 5.97 Å². The minimum absolute atomic E-state index is 0.265. The zero-order chi connectivity index (χ0) is 14.0. The van der Waals surface area contributed by atoms with E-state index in [1.165, 1.54) is 6.20 Å². The first-order chi connectivity index (χ1) is 9.08. The minimum Gasteiger partial charge on any atom is -0.462 e. The van der Waals surface area contributed by atoms with Crippen LogP contribution >= 0.6 is 0 Å². The summed E-state index contributed by atoms with van der Waals surface area (Å²) in [4.78, 5) is 12.0. The lowest BCUT2D eigenvalue weighted by molar-refractivity contribution is 0.0515. The highest BCUT2D eigenvalue weighted by Gasteiger charge is 2.21. The maximum atomic E-state index is 12.0. The Morgan fingerprint density at radius 3 is 2.95 bits per heavy atom. The molecule has 2 heterocycles. The summed E-state index contributed by atoms with van der Waals surface area (Å²) < 4.78 is 12.0. The average molecular weight is 258 g/mol. The molecule has 0 aliphatic heterocycles. The first-order valence-electron chi connectivity index (χ1n) is 6.05. The van der Waals surface area contributed by atoms with Gasteiger partial charge in [0.2, 0.25) is 0 Å². The molecule has 1 unspecified atom stereocenters. The fourth-order valence-corrected chi connectivity index (χ4v) is 2.01. The van der Waals surface area contributed by atoms with Gasteiger partial charge in [-0.15, -0.1) is 0 Å². The molecular weight excluding hydrogens is 243 g/mol. The highest BCUT2D eigenvalue weighted by Crippen LogP contribution is 2.25. The van der Waals surface area contributed by atoms with Gasteiger partial charge in [-0.1, -0.05) is 5.46 Å². The van der Waals surface area contributed by atoms with Crippen LogP contribution in [0.2, 0.25) is 0 Å². The Bertz CT molecular complexity index is 609. The van der Waals surface area contributed by atoms with E-state index in [1.54, 1.807) is 30.8 Å². The molecule has 0 saturated carbocycles. The van der Waals surface area contributed by atoms with E-state index in [-0.39, 0.29) is 6.10 Å². The normalized spacial score (nSPS) is 12.6. The fraction of sp³-hybridized carbons (Fsp3) is 0.385. The summed E-state index contributed by atoms with van der Waals surface area (Å²) in [7, 11) is 7.35. The molecule has 0 amide bonds. The number of nitrogens with zero attached hydrogens (tertiary/aromatic N) is 2. The molecule has 0 aromatic carbocycles. The molecule has 2 radical (unpaired) electrons. The van der Waals surface area contributed by atoms with Gasteiger partial charge >= 0.3 is 5.97 Å². The number of esters is 1. The molecule has 0 aliphatic rings. The Kier molecular flexibility index (Phi) is 3.90. The second-order valence-corrected chi connectivity index (χ2v) is 4.17. The summed E-state index contributed by atoms with van der Waals surface area (Å²) in [5.41, 5.74) is 2.46. The molecule has 2 rings (SSSR count). The standard InChI is InChI=1S/C13H15BN2O3/c1-4-19-13(17)10-6-15-16-7-9(14)5-11(16)12(10)8(2)18-3/h5-8H,4H2,1-3H3. The number of ether oxygens (including phenoxy) is 2. The number of hydrogen-bond donors (Lipinski definition) is 0. The molecule has 5 nitrogen and oxygen atoms in total. The Balaban J connectivity index is 2.65. The fourth-order valence-electron chi connectivity index (χ4n) is 2.01. The number of rotatable bonds is 4. The van der Waals surface area contributed by atoms with Crippen molar-refractivity contribution in [2.75, 3.05) is 13.7 Å². The molecule has 0 spiro atoms. The van der Waals surface area contributed by atoms with Crippen molar-refractivity contribution in [1.82, 2.24) is 9.61 Å². The summed E-state index contributed by atoms with van der Waals surface area (Å²) in [6.07, 6.45) is 2.91. The third kappa shape index (κ3) is 2.49. The molecule has 0 saturated heterocycles.